The van der Waals surface area contributed by atoms with Crippen molar-refractivity contribution in [2.75, 3.05) is 33.3 Å². The van der Waals surface area contributed by atoms with Gasteiger partial charge in [0.05, 0.1) is 42.2 Å². The summed E-state index contributed by atoms with van der Waals surface area (Å²) in [6, 6.07) is 7.97. The van der Waals surface area contributed by atoms with Gasteiger partial charge in [-0.15, -0.1) is 0 Å². The van der Waals surface area contributed by atoms with Gasteiger partial charge >= 0.3 is 5.97 Å². The zero-order valence-electron chi connectivity index (χ0n) is 19.3. The van der Waals surface area contributed by atoms with Crippen molar-refractivity contribution in [1.29, 1.82) is 0 Å². The van der Waals surface area contributed by atoms with Crippen LogP contribution in [0, 0.1) is 12.8 Å². The summed E-state index contributed by atoms with van der Waals surface area (Å²) in [5, 5.41) is 4.43. The molecule has 0 aliphatic carbocycles. The second-order valence-electron chi connectivity index (χ2n) is 8.17. The number of hydrogen-bond acceptors (Lipinski definition) is 5. The van der Waals surface area contributed by atoms with Gasteiger partial charge in [0.2, 0.25) is 5.91 Å². The molecule has 1 aromatic carbocycles. The fourth-order valence-electron chi connectivity index (χ4n) is 4.01. The van der Waals surface area contributed by atoms with Gasteiger partial charge in [-0.3, -0.25) is 14.4 Å². The molecule has 2 amide bonds. The number of piperidine rings is 1. The Balaban J connectivity index is 1.63. The molecule has 0 radical (unpaired) electrons. The van der Waals surface area contributed by atoms with Gasteiger partial charge in [0.25, 0.3) is 5.91 Å². The number of esters is 1. The van der Waals surface area contributed by atoms with Crippen molar-refractivity contribution in [3.05, 3.63) is 47.3 Å². The van der Waals surface area contributed by atoms with E-state index >= 15 is 0 Å². The highest BCUT2D eigenvalue weighted by molar-refractivity contribution is 5.97. The van der Waals surface area contributed by atoms with Crippen molar-refractivity contribution < 1.29 is 19.1 Å². The Morgan fingerprint density at radius 2 is 1.78 bits per heavy atom. The summed E-state index contributed by atoms with van der Waals surface area (Å²) in [5.74, 6) is -0.690. The van der Waals surface area contributed by atoms with Crippen molar-refractivity contribution >= 4 is 17.8 Å². The summed E-state index contributed by atoms with van der Waals surface area (Å²) in [7, 11) is 1.63. The number of amides is 2. The van der Waals surface area contributed by atoms with Crippen molar-refractivity contribution in [2.24, 2.45) is 5.92 Å². The molecule has 3 rings (SSSR count). The van der Waals surface area contributed by atoms with E-state index in [1.165, 1.54) is 4.90 Å². The van der Waals surface area contributed by atoms with Crippen LogP contribution < -0.4 is 0 Å². The standard InChI is InChI=1S/C24H32N4O4/c1-5-21-20(15-25-28(21)19-9-7-17(3)8-10-19)23(30)26(4)16-22(29)27-13-11-18(12-14-27)24(31)32-6-2/h7-10,15,18H,5-6,11-14,16H2,1-4H3. The fourth-order valence-corrected chi connectivity index (χ4v) is 4.01. The number of likely N-dealkylation sites (N-methyl/N-ethyl adjacent to an activating group) is 1. The Hall–Kier alpha value is -3.16. The molecule has 1 aromatic heterocycles. The molecule has 0 saturated carbocycles. The molecule has 1 saturated heterocycles. The van der Waals surface area contributed by atoms with Gasteiger partial charge in [0, 0.05) is 20.1 Å². The van der Waals surface area contributed by atoms with Crippen LogP contribution >= 0.6 is 0 Å². The first kappa shape index (κ1) is 23.5. The van der Waals surface area contributed by atoms with Crippen molar-refractivity contribution in [1.82, 2.24) is 19.6 Å². The van der Waals surface area contributed by atoms with Crippen molar-refractivity contribution in [3.8, 4) is 5.69 Å². The first-order valence-electron chi connectivity index (χ1n) is 11.2. The van der Waals surface area contributed by atoms with Gasteiger partial charge in [0.15, 0.2) is 0 Å². The van der Waals surface area contributed by atoms with E-state index in [1.807, 2.05) is 38.1 Å². The summed E-state index contributed by atoms with van der Waals surface area (Å²) in [4.78, 5) is 40.9. The number of rotatable bonds is 7. The van der Waals surface area contributed by atoms with Crippen molar-refractivity contribution in [3.63, 3.8) is 0 Å². The van der Waals surface area contributed by atoms with Crippen LogP contribution in [0.5, 0.6) is 0 Å². The number of hydrogen-bond donors (Lipinski definition) is 0. The average Bonchev–Trinajstić information content (AvgIpc) is 3.23. The third-order valence-corrected chi connectivity index (χ3v) is 5.90. The van der Waals surface area contributed by atoms with Gasteiger partial charge in [-0.2, -0.15) is 5.10 Å². The molecule has 1 fully saturated rings. The van der Waals surface area contributed by atoms with E-state index in [1.54, 1.807) is 29.7 Å². The molecule has 2 aromatic rings. The normalized spacial score (nSPS) is 14.3. The molecule has 0 N–H and O–H groups in total. The maximum absolute atomic E-state index is 13.1. The molecular formula is C24H32N4O4. The molecule has 1 aliphatic heterocycles. The third-order valence-electron chi connectivity index (χ3n) is 5.90. The van der Waals surface area contributed by atoms with Crippen LogP contribution in [-0.4, -0.2) is 70.7 Å². The van der Waals surface area contributed by atoms with Gasteiger partial charge in [-0.05, 0) is 45.2 Å². The molecule has 8 nitrogen and oxygen atoms in total. The largest absolute Gasteiger partial charge is 0.466 e. The molecule has 0 spiro atoms. The molecule has 8 heteroatoms. The topological polar surface area (TPSA) is 84.7 Å². The average molecular weight is 441 g/mol. The number of carbonyl (C=O) groups excluding carboxylic acids is 3. The first-order chi connectivity index (χ1) is 15.3. The molecule has 172 valence electrons. The van der Waals surface area contributed by atoms with E-state index < -0.39 is 0 Å². The summed E-state index contributed by atoms with van der Waals surface area (Å²) in [6.07, 6.45) is 3.39. The van der Waals surface area contributed by atoms with E-state index in [9.17, 15) is 14.4 Å². The highest BCUT2D eigenvalue weighted by Gasteiger charge is 2.29. The smallest absolute Gasteiger partial charge is 0.309 e. The third kappa shape index (κ3) is 5.18. The van der Waals surface area contributed by atoms with Gasteiger partial charge in [0.1, 0.15) is 0 Å². The molecular weight excluding hydrogens is 408 g/mol. The highest BCUT2D eigenvalue weighted by atomic mass is 16.5. The van der Waals surface area contributed by atoms with Gasteiger partial charge in [-0.25, -0.2) is 4.68 Å². The Morgan fingerprint density at radius 1 is 1.12 bits per heavy atom. The van der Waals surface area contributed by atoms with Crippen LogP contribution in [0.1, 0.15) is 48.3 Å². The Kier molecular flexibility index (Phi) is 7.66. The molecule has 32 heavy (non-hydrogen) atoms. The second-order valence-corrected chi connectivity index (χ2v) is 8.17. The van der Waals surface area contributed by atoms with Gasteiger partial charge in [-0.1, -0.05) is 24.6 Å². The Labute approximate surface area is 189 Å². The van der Waals surface area contributed by atoms with Crippen LogP contribution in [0.4, 0.5) is 0 Å². The van der Waals surface area contributed by atoms with E-state index in [2.05, 4.69) is 5.10 Å². The van der Waals surface area contributed by atoms with Gasteiger partial charge < -0.3 is 14.5 Å². The van der Waals surface area contributed by atoms with E-state index in [-0.39, 0.29) is 30.2 Å². The highest BCUT2D eigenvalue weighted by Crippen LogP contribution is 2.20. The minimum atomic E-state index is -0.227. The summed E-state index contributed by atoms with van der Waals surface area (Å²) in [5.41, 5.74) is 3.37. The number of ether oxygens (including phenoxy) is 1. The lowest BCUT2D eigenvalue weighted by Crippen LogP contribution is -2.45. The number of likely N-dealkylation sites (tertiary alicyclic amines) is 1. The molecule has 1 aliphatic rings. The summed E-state index contributed by atoms with van der Waals surface area (Å²) < 4.78 is 6.86. The number of carbonyl (C=O) groups is 3. The summed E-state index contributed by atoms with van der Waals surface area (Å²) in [6.45, 7) is 7.14. The maximum Gasteiger partial charge on any atom is 0.309 e. The van der Waals surface area contributed by atoms with Crippen LogP contribution in [0.15, 0.2) is 30.5 Å². The molecule has 2 heterocycles. The number of benzene rings is 1. The number of aryl methyl sites for hydroxylation is 1. The number of nitrogens with zero attached hydrogens (tertiary/aromatic N) is 4. The van der Waals surface area contributed by atoms with E-state index in [0.717, 1.165) is 16.9 Å². The lowest BCUT2D eigenvalue weighted by atomic mass is 9.97. The predicted octanol–water partition coefficient (Wildman–Crippen LogP) is 2.62. The van der Waals surface area contributed by atoms with Crippen LogP contribution in [0.3, 0.4) is 0 Å². The predicted molar refractivity (Wildman–Crippen MR) is 121 cm³/mol. The Bertz CT molecular complexity index is 959. The van der Waals surface area contributed by atoms with Crippen molar-refractivity contribution in [2.45, 2.75) is 40.0 Å². The van der Waals surface area contributed by atoms with E-state index in [0.29, 0.717) is 44.5 Å². The van der Waals surface area contributed by atoms with Crippen LogP contribution in [0.2, 0.25) is 0 Å². The molecule has 0 bridgehead atoms. The fraction of sp³-hybridized carbons (Fsp3) is 0.500. The maximum atomic E-state index is 13.1. The van der Waals surface area contributed by atoms with E-state index in [4.69, 9.17) is 4.74 Å². The first-order valence-corrected chi connectivity index (χ1v) is 11.2. The minimum absolute atomic E-state index is 0.0121. The molecule has 0 atom stereocenters. The lowest BCUT2D eigenvalue weighted by molar-refractivity contribution is -0.151. The molecule has 0 unspecified atom stereocenters. The monoisotopic (exact) mass is 440 g/mol. The van der Waals surface area contributed by atoms with Crippen LogP contribution in [0.25, 0.3) is 5.69 Å². The summed E-state index contributed by atoms with van der Waals surface area (Å²) >= 11 is 0. The second kappa shape index (κ2) is 10.4. The zero-order chi connectivity index (χ0) is 23.3. The Morgan fingerprint density at radius 3 is 2.38 bits per heavy atom. The number of aromatic nitrogens is 2. The SMILES string of the molecule is CCOC(=O)C1CCN(C(=O)CN(C)C(=O)c2cnn(-c3ccc(C)cc3)c2CC)CC1. The lowest BCUT2D eigenvalue weighted by Gasteiger charge is -2.32. The minimum Gasteiger partial charge on any atom is -0.466 e. The quantitative estimate of drug-likeness (QED) is 0.618. The zero-order valence-corrected chi connectivity index (χ0v) is 19.3. The van der Waals surface area contributed by atoms with Crippen LogP contribution in [-0.2, 0) is 20.7 Å².